The summed E-state index contributed by atoms with van der Waals surface area (Å²) in [6.45, 7) is 10.6. The Balaban J connectivity index is 0. The zero-order chi connectivity index (χ0) is 12.5. The third-order valence-corrected chi connectivity index (χ3v) is 4.07. The Labute approximate surface area is 133 Å². The maximum absolute atomic E-state index is 11.5. The molecule has 4 nitrogen and oxygen atoms in total. The summed E-state index contributed by atoms with van der Waals surface area (Å²) in [6.07, 6.45) is 0. The molecule has 0 spiro atoms. The molecule has 116 valence electrons. The molecular formula is C12H27Cl2N3OS. The zero-order valence-corrected chi connectivity index (χ0v) is 14.3. The van der Waals surface area contributed by atoms with E-state index in [0.29, 0.717) is 11.7 Å². The molecule has 0 aliphatic carbocycles. The van der Waals surface area contributed by atoms with Crippen molar-refractivity contribution in [3.8, 4) is 0 Å². The molecule has 1 aliphatic heterocycles. The van der Waals surface area contributed by atoms with Gasteiger partial charge in [-0.05, 0) is 13.1 Å². The smallest absolute Gasteiger partial charge is 0.230 e. The van der Waals surface area contributed by atoms with Gasteiger partial charge in [-0.3, -0.25) is 4.79 Å². The lowest BCUT2D eigenvalue weighted by Crippen LogP contribution is -2.48. The van der Waals surface area contributed by atoms with Crippen molar-refractivity contribution in [3.05, 3.63) is 0 Å². The summed E-state index contributed by atoms with van der Waals surface area (Å²) in [5, 5.41) is 6.19. The number of hydrogen-bond donors (Lipinski definition) is 2. The molecule has 1 saturated heterocycles. The Morgan fingerprint density at radius 1 is 1.32 bits per heavy atom. The Morgan fingerprint density at radius 3 is 2.42 bits per heavy atom. The minimum Gasteiger partial charge on any atom is -0.355 e. The molecule has 1 aliphatic rings. The number of carbonyl (C=O) groups is 1. The van der Waals surface area contributed by atoms with Crippen molar-refractivity contribution < 1.29 is 4.79 Å². The second kappa shape index (κ2) is 13.3. The molecule has 0 saturated carbocycles. The van der Waals surface area contributed by atoms with Gasteiger partial charge in [0, 0.05) is 37.8 Å². The monoisotopic (exact) mass is 331 g/mol. The maximum Gasteiger partial charge on any atom is 0.230 e. The van der Waals surface area contributed by atoms with Gasteiger partial charge in [0.2, 0.25) is 5.91 Å². The lowest BCUT2D eigenvalue weighted by molar-refractivity contribution is -0.118. The number of carbonyl (C=O) groups excluding carboxylic acids is 1. The van der Waals surface area contributed by atoms with Gasteiger partial charge in [0.15, 0.2) is 0 Å². The van der Waals surface area contributed by atoms with Crippen LogP contribution in [0.25, 0.3) is 0 Å². The SMILES string of the molecule is CCN(CC)CCSCC(=O)NCC1CNC1.Cl.Cl. The molecule has 0 radical (unpaired) electrons. The van der Waals surface area contributed by atoms with Gasteiger partial charge in [-0.1, -0.05) is 13.8 Å². The number of halogens is 2. The molecule has 1 fully saturated rings. The Hall–Kier alpha value is 0.320. The maximum atomic E-state index is 11.5. The van der Waals surface area contributed by atoms with Crippen LogP contribution in [0.5, 0.6) is 0 Å². The quantitative estimate of drug-likeness (QED) is 0.624. The lowest BCUT2D eigenvalue weighted by Gasteiger charge is -2.27. The number of nitrogens with zero attached hydrogens (tertiary/aromatic N) is 1. The first-order valence-electron chi connectivity index (χ1n) is 6.53. The summed E-state index contributed by atoms with van der Waals surface area (Å²) in [5.41, 5.74) is 0. The minimum absolute atomic E-state index is 0. The summed E-state index contributed by atoms with van der Waals surface area (Å²) >= 11 is 1.73. The fourth-order valence-electron chi connectivity index (χ4n) is 1.70. The highest BCUT2D eigenvalue weighted by molar-refractivity contribution is 7.99. The number of thioether (sulfide) groups is 1. The molecule has 19 heavy (non-hydrogen) atoms. The lowest BCUT2D eigenvalue weighted by atomic mass is 10.0. The van der Waals surface area contributed by atoms with Crippen LogP contribution < -0.4 is 10.6 Å². The van der Waals surface area contributed by atoms with E-state index in [1.165, 1.54) is 0 Å². The molecule has 0 aromatic rings. The molecule has 2 N–H and O–H groups in total. The van der Waals surface area contributed by atoms with Crippen LogP contribution in [0.3, 0.4) is 0 Å². The van der Waals surface area contributed by atoms with Crippen molar-refractivity contribution in [2.75, 3.05) is 50.8 Å². The Bertz CT molecular complexity index is 227. The van der Waals surface area contributed by atoms with Crippen LogP contribution in [0.1, 0.15) is 13.8 Å². The van der Waals surface area contributed by atoms with Gasteiger partial charge >= 0.3 is 0 Å². The van der Waals surface area contributed by atoms with Gasteiger partial charge in [0.25, 0.3) is 0 Å². The van der Waals surface area contributed by atoms with E-state index in [-0.39, 0.29) is 30.7 Å². The van der Waals surface area contributed by atoms with Crippen LogP contribution >= 0.6 is 36.6 Å². The molecule has 7 heteroatoms. The summed E-state index contributed by atoms with van der Waals surface area (Å²) in [4.78, 5) is 13.9. The molecular weight excluding hydrogens is 305 g/mol. The highest BCUT2D eigenvalue weighted by Crippen LogP contribution is 2.03. The van der Waals surface area contributed by atoms with Crippen LogP contribution in [0.15, 0.2) is 0 Å². The fourth-order valence-corrected chi connectivity index (χ4v) is 2.52. The highest BCUT2D eigenvalue weighted by atomic mass is 35.5. The predicted molar refractivity (Wildman–Crippen MR) is 89.0 cm³/mol. The Kier molecular flexibility index (Phi) is 15.1. The normalized spacial score (nSPS) is 14.3. The van der Waals surface area contributed by atoms with Crippen molar-refractivity contribution in [1.29, 1.82) is 0 Å². The van der Waals surface area contributed by atoms with Crippen molar-refractivity contribution in [3.63, 3.8) is 0 Å². The molecule has 0 aromatic heterocycles. The summed E-state index contributed by atoms with van der Waals surface area (Å²) in [5.74, 6) is 2.47. The predicted octanol–water partition coefficient (Wildman–Crippen LogP) is 1.24. The van der Waals surface area contributed by atoms with Crippen molar-refractivity contribution >= 4 is 42.5 Å². The first kappa shape index (κ1) is 21.6. The van der Waals surface area contributed by atoms with E-state index in [0.717, 1.165) is 45.0 Å². The zero-order valence-electron chi connectivity index (χ0n) is 11.8. The van der Waals surface area contributed by atoms with Crippen molar-refractivity contribution in [1.82, 2.24) is 15.5 Å². The number of nitrogens with one attached hydrogen (secondary N) is 2. The highest BCUT2D eigenvalue weighted by Gasteiger charge is 2.16. The van der Waals surface area contributed by atoms with Gasteiger partial charge in [0.1, 0.15) is 0 Å². The molecule has 1 amide bonds. The van der Waals surface area contributed by atoms with Gasteiger partial charge < -0.3 is 15.5 Å². The van der Waals surface area contributed by atoms with Crippen molar-refractivity contribution in [2.24, 2.45) is 5.92 Å². The standard InChI is InChI=1S/C12H25N3OS.2ClH/c1-3-15(4-2)5-6-17-10-12(16)14-9-11-7-13-8-11;;/h11,13H,3-10H2,1-2H3,(H,14,16);2*1H. The van der Waals surface area contributed by atoms with Crippen LogP contribution in [0.4, 0.5) is 0 Å². The number of amides is 1. The number of hydrogen-bond acceptors (Lipinski definition) is 4. The summed E-state index contributed by atoms with van der Waals surface area (Å²) in [7, 11) is 0. The van der Waals surface area contributed by atoms with Crippen LogP contribution in [0, 0.1) is 5.92 Å². The van der Waals surface area contributed by atoms with Gasteiger partial charge in [-0.2, -0.15) is 11.8 Å². The van der Waals surface area contributed by atoms with Gasteiger partial charge in [-0.25, -0.2) is 0 Å². The van der Waals surface area contributed by atoms with E-state index in [9.17, 15) is 4.79 Å². The van der Waals surface area contributed by atoms with E-state index in [2.05, 4.69) is 29.4 Å². The van der Waals surface area contributed by atoms with E-state index in [1.807, 2.05) is 0 Å². The Morgan fingerprint density at radius 2 is 1.95 bits per heavy atom. The van der Waals surface area contributed by atoms with Crippen LogP contribution in [-0.4, -0.2) is 61.6 Å². The molecule has 0 unspecified atom stereocenters. The van der Waals surface area contributed by atoms with Gasteiger partial charge in [0.05, 0.1) is 5.75 Å². The first-order chi connectivity index (χ1) is 8.26. The van der Waals surface area contributed by atoms with E-state index < -0.39 is 0 Å². The molecule has 0 bridgehead atoms. The molecule has 0 aromatic carbocycles. The van der Waals surface area contributed by atoms with E-state index >= 15 is 0 Å². The van der Waals surface area contributed by atoms with E-state index in [1.54, 1.807) is 11.8 Å². The minimum atomic E-state index is 0. The van der Waals surface area contributed by atoms with E-state index in [4.69, 9.17) is 0 Å². The second-order valence-electron chi connectivity index (χ2n) is 4.41. The third-order valence-electron chi connectivity index (χ3n) is 3.13. The largest absolute Gasteiger partial charge is 0.355 e. The van der Waals surface area contributed by atoms with Crippen LogP contribution in [0.2, 0.25) is 0 Å². The fraction of sp³-hybridized carbons (Fsp3) is 0.917. The summed E-state index contributed by atoms with van der Waals surface area (Å²) in [6, 6.07) is 0. The summed E-state index contributed by atoms with van der Waals surface area (Å²) < 4.78 is 0. The van der Waals surface area contributed by atoms with Crippen molar-refractivity contribution in [2.45, 2.75) is 13.8 Å². The number of rotatable bonds is 9. The molecule has 1 heterocycles. The third kappa shape index (κ3) is 9.79. The topological polar surface area (TPSA) is 44.4 Å². The van der Waals surface area contributed by atoms with Gasteiger partial charge in [-0.15, -0.1) is 24.8 Å². The average Bonchev–Trinajstić information content (AvgIpc) is 2.27. The van der Waals surface area contributed by atoms with Crippen LogP contribution in [-0.2, 0) is 4.79 Å². The first-order valence-corrected chi connectivity index (χ1v) is 7.69. The second-order valence-corrected chi connectivity index (χ2v) is 5.51. The molecule has 1 rings (SSSR count). The average molecular weight is 332 g/mol. The molecule has 0 atom stereocenters.